The zero-order chi connectivity index (χ0) is 13.2. The smallest absolute Gasteiger partial charge is 0.245 e. The van der Waals surface area contributed by atoms with E-state index in [1.165, 1.54) is 5.69 Å². The van der Waals surface area contributed by atoms with Gasteiger partial charge in [0.05, 0.1) is 0 Å². The van der Waals surface area contributed by atoms with E-state index < -0.39 is 0 Å². The van der Waals surface area contributed by atoms with Gasteiger partial charge in [-0.05, 0) is 34.7 Å². The first-order valence-electron chi connectivity index (χ1n) is 6.32. The van der Waals surface area contributed by atoms with Crippen molar-refractivity contribution in [3.05, 3.63) is 24.3 Å². The molecule has 0 bridgehead atoms. The summed E-state index contributed by atoms with van der Waals surface area (Å²) < 4.78 is 1.71. The Morgan fingerprint density at radius 3 is 2.21 bits per heavy atom. The maximum Gasteiger partial charge on any atom is 0.245 e. The van der Waals surface area contributed by atoms with Gasteiger partial charge in [-0.3, -0.25) is 0 Å². The van der Waals surface area contributed by atoms with Gasteiger partial charge in [-0.15, -0.1) is 0 Å². The maximum atomic E-state index is 5.71. The molecule has 0 atom stereocenters. The van der Waals surface area contributed by atoms with Crippen LogP contribution in [-0.4, -0.2) is 46.4 Å². The zero-order valence-electron chi connectivity index (χ0n) is 10.9. The number of piperazine rings is 1. The van der Waals surface area contributed by atoms with Crippen LogP contribution in [0.25, 0.3) is 0 Å². The van der Waals surface area contributed by atoms with Crippen LogP contribution in [0.3, 0.4) is 0 Å². The summed E-state index contributed by atoms with van der Waals surface area (Å²) in [4.78, 5) is 4.55. The van der Waals surface area contributed by atoms with Gasteiger partial charge in [-0.1, -0.05) is 5.10 Å². The zero-order valence-corrected chi connectivity index (χ0v) is 10.9. The lowest BCUT2D eigenvalue weighted by Gasteiger charge is -2.36. The van der Waals surface area contributed by atoms with Crippen molar-refractivity contribution in [1.29, 1.82) is 0 Å². The quantitative estimate of drug-likeness (QED) is 0.772. The van der Waals surface area contributed by atoms with Gasteiger partial charge in [0.1, 0.15) is 0 Å². The topological polar surface area (TPSA) is 76.1 Å². The predicted molar refractivity (Wildman–Crippen MR) is 74.1 cm³/mol. The normalized spacial score (nSPS) is 15.8. The number of rotatable bonds is 2. The van der Waals surface area contributed by atoms with Crippen molar-refractivity contribution in [2.45, 2.75) is 0 Å². The lowest BCUT2D eigenvalue weighted by Crippen LogP contribution is -2.47. The van der Waals surface area contributed by atoms with Crippen molar-refractivity contribution < 1.29 is 0 Å². The van der Waals surface area contributed by atoms with Gasteiger partial charge >= 0.3 is 0 Å². The van der Waals surface area contributed by atoms with Crippen molar-refractivity contribution in [3.63, 3.8) is 0 Å². The first-order valence-corrected chi connectivity index (χ1v) is 6.32. The lowest BCUT2D eigenvalue weighted by atomic mass is 10.2. The van der Waals surface area contributed by atoms with Crippen molar-refractivity contribution in [1.82, 2.24) is 20.2 Å². The first-order chi connectivity index (χ1) is 9.24. The summed E-state index contributed by atoms with van der Waals surface area (Å²) in [5.41, 5.74) is 7.72. The summed E-state index contributed by atoms with van der Waals surface area (Å²) in [5.74, 6) is 0.831. The third kappa shape index (κ3) is 2.31. The van der Waals surface area contributed by atoms with E-state index in [-0.39, 0.29) is 0 Å². The Morgan fingerprint density at radius 1 is 1.00 bits per heavy atom. The molecule has 0 saturated carbocycles. The summed E-state index contributed by atoms with van der Waals surface area (Å²) in [6, 6.07) is 8.01. The average molecular weight is 259 g/mol. The number of nitrogens with zero attached hydrogens (tertiary/aromatic N) is 6. The fraction of sp³-hybridized carbons (Fsp3) is 0.417. The minimum Gasteiger partial charge on any atom is -0.399 e. The fourth-order valence-electron chi connectivity index (χ4n) is 2.34. The van der Waals surface area contributed by atoms with Gasteiger partial charge in [0.2, 0.25) is 5.95 Å². The van der Waals surface area contributed by atoms with Crippen LogP contribution in [0.1, 0.15) is 0 Å². The highest BCUT2D eigenvalue weighted by Crippen LogP contribution is 2.19. The highest BCUT2D eigenvalue weighted by atomic mass is 15.6. The first kappa shape index (κ1) is 11.8. The molecule has 0 unspecified atom stereocenters. The van der Waals surface area contributed by atoms with Crippen LogP contribution in [0.2, 0.25) is 0 Å². The molecule has 19 heavy (non-hydrogen) atoms. The molecule has 1 aliphatic rings. The van der Waals surface area contributed by atoms with Gasteiger partial charge in [-0.2, -0.15) is 0 Å². The van der Waals surface area contributed by atoms with Gasteiger partial charge < -0.3 is 15.5 Å². The maximum absolute atomic E-state index is 5.71. The van der Waals surface area contributed by atoms with E-state index in [4.69, 9.17) is 5.73 Å². The van der Waals surface area contributed by atoms with E-state index in [2.05, 4.69) is 37.5 Å². The molecule has 1 aromatic carbocycles. The Labute approximate surface area is 111 Å². The highest BCUT2D eigenvalue weighted by molar-refractivity contribution is 5.54. The summed E-state index contributed by atoms with van der Waals surface area (Å²) in [7, 11) is 1.86. The van der Waals surface area contributed by atoms with E-state index in [0.717, 1.165) is 37.8 Å². The molecule has 2 N–H and O–H groups in total. The predicted octanol–water partition coefficient (Wildman–Crippen LogP) is 0.119. The van der Waals surface area contributed by atoms with Crippen molar-refractivity contribution >= 4 is 17.3 Å². The van der Waals surface area contributed by atoms with Gasteiger partial charge in [0, 0.05) is 44.6 Å². The number of anilines is 3. The Morgan fingerprint density at radius 2 is 1.63 bits per heavy atom. The number of nitrogens with two attached hydrogens (primary N) is 1. The molecular weight excluding hydrogens is 242 g/mol. The second kappa shape index (κ2) is 4.75. The average Bonchev–Trinajstić information content (AvgIpc) is 2.86. The third-order valence-corrected chi connectivity index (χ3v) is 3.42. The molecule has 2 aromatic rings. The minimum atomic E-state index is 0.799. The summed E-state index contributed by atoms with van der Waals surface area (Å²) >= 11 is 0. The number of hydrogen-bond donors (Lipinski definition) is 1. The number of aromatic nitrogens is 4. The SMILES string of the molecule is Cn1nnnc1N1CCN(c2ccc(N)cc2)CC1. The number of hydrogen-bond acceptors (Lipinski definition) is 6. The molecule has 3 rings (SSSR count). The van der Waals surface area contributed by atoms with E-state index in [1.807, 2.05) is 19.2 Å². The molecule has 1 fully saturated rings. The van der Waals surface area contributed by atoms with Crippen LogP contribution in [0, 0.1) is 0 Å². The van der Waals surface area contributed by atoms with E-state index in [9.17, 15) is 0 Å². The number of nitrogen functional groups attached to an aromatic ring is 1. The fourth-order valence-corrected chi connectivity index (χ4v) is 2.34. The molecule has 0 aliphatic carbocycles. The molecule has 2 heterocycles. The van der Waals surface area contributed by atoms with Crippen molar-refractivity contribution in [2.24, 2.45) is 7.05 Å². The van der Waals surface area contributed by atoms with Crippen LogP contribution in [0.5, 0.6) is 0 Å². The van der Waals surface area contributed by atoms with Gasteiger partial charge in [-0.25, -0.2) is 4.68 Å². The monoisotopic (exact) mass is 259 g/mol. The summed E-state index contributed by atoms with van der Waals surface area (Å²) in [6.45, 7) is 3.74. The number of tetrazole rings is 1. The number of benzene rings is 1. The van der Waals surface area contributed by atoms with Crippen LogP contribution in [-0.2, 0) is 7.05 Å². The molecule has 0 spiro atoms. The summed E-state index contributed by atoms with van der Waals surface area (Å²) in [5, 5.41) is 11.6. The van der Waals surface area contributed by atoms with E-state index in [0.29, 0.717) is 0 Å². The van der Waals surface area contributed by atoms with Crippen LogP contribution in [0.15, 0.2) is 24.3 Å². The molecule has 1 aliphatic heterocycles. The molecule has 100 valence electrons. The number of aryl methyl sites for hydroxylation is 1. The largest absolute Gasteiger partial charge is 0.399 e. The van der Waals surface area contributed by atoms with E-state index >= 15 is 0 Å². The third-order valence-electron chi connectivity index (χ3n) is 3.42. The van der Waals surface area contributed by atoms with Crippen LogP contribution in [0.4, 0.5) is 17.3 Å². The molecule has 0 amide bonds. The Hall–Kier alpha value is -2.31. The molecule has 1 saturated heterocycles. The van der Waals surface area contributed by atoms with Gasteiger partial charge in [0.15, 0.2) is 0 Å². The molecule has 1 aromatic heterocycles. The standard InChI is InChI=1S/C12H17N7/c1-17-12(14-15-16-17)19-8-6-18(7-9-19)11-4-2-10(13)3-5-11/h2-5H,6-9,13H2,1H3. The Balaban J connectivity index is 1.66. The van der Waals surface area contributed by atoms with Crippen LogP contribution < -0.4 is 15.5 Å². The second-order valence-electron chi connectivity index (χ2n) is 4.67. The molecular formula is C12H17N7. The molecule has 0 radical (unpaired) electrons. The van der Waals surface area contributed by atoms with Crippen molar-refractivity contribution in [2.75, 3.05) is 41.7 Å². The Bertz CT molecular complexity index is 539. The molecule has 7 heteroatoms. The van der Waals surface area contributed by atoms with Crippen molar-refractivity contribution in [3.8, 4) is 0 Å². The minimum absolute atomic E-state index is 0.799. The molecule has 7 nitrogen and oxygen atoms in total. The lowest BCUT2D eigenvalue weighted by molar-refractivity contribution is 0.617. The highest BCUT2D eigenvalue weighted by Gasteiger charge is 2.20. The van der Waals surface area contributed by atoms with Crippen LogP contribution >= 0.6 is 0 Å². The van der Waals surface area contributed by atoms with E-state index in [1.54, 1.807) is 4.68 Å². The Kier molecular flexibility index (Phi) is 2.94. The van der Waals surface area contributed by atoms with Gasteiger partial charge in [0.25, 0.3) is 0 Å². The second-order valence-corrected chi connectivity index (χ2v) is 4.67. The summed E-state index contributed by atoms with van der Waals surface area (Å²) in [6.07, 6.45) is 0.